The van der Waals surface area contributed by atoms with Crippen molar-refractivity contribution in [2.75, 3.05) is 6.61 Å². The molecule has 2 rings (SSSR count). The number of rotatable bonds is 8. The van der Waals surface area contributed by atoms with Gasteiger partial charge in [0.1, 0.15) is 5.75 Å². The molecule has 0 saturated carbocycles. The Labute approximate surface area is 143 Å². The van der Waals surface area contributed by atoms with Crippen molar-refractivity contribution in [2.45, 2.75) is 40.0 Å². The fraction of sp³-hybridized carbons (Fsp3) is 0.350. The molecule has 4 nitrogen and oxygen atoms in total. The molecular weight excluding hydrogens is 302 g/mol. The minimum atomic E-state index is -0.140. The number of ether oxygens (including phenoxy) is 2. The summed E-state index contributed by atoms with van der Waals surface area (Å²) in [7, 11) is 0. The molecule has 0 bridgehead atoms. The van der Waals surface area contributed by atoms with Crippen LogP contribution in [0.2, 0.25) is 0 Å². The summed E-state index contributed by atoms with van der Waals surface area (Å²) in [5.74, 6) is 0.465. The first-order valence-electron chi connectivity index (χ1n) is 8.30. The summed E-state index contributed by atoms with van der Waals surface area (Å²) in [5, 5.41) is 2.97. The molecule has 0 unspecified atom stereocenters. The molecule has 128 valence electrons. The van der Waals surface area contributed by atoms with Crippen LogP contribution in [-0.2, 0) is 17.9 Å². The molecular formula is C20H25NO3. The van der Waals surface area contributed by atoms with E-state index in [1.54, 1.807) is 6.07 Å². The van der Waals surface area contributed by atoms with Gasteiger partial charge in [-0.1, -0.05) is 36.4 Å². The minimum absolute atomic E-state index is 0.140. The van der Waals surface area contributed by atoms with Crippen LogP contribution in [-0.4, -0.2) is 18.6 Å². The summed E-state index contributed by atoms with van der Waals surface area (Å²) in [6, 6.07) is 15.3. The molecule has 1 amide bonds. The Morgan fingerprint density at radius 2 is 1.71 bits per heavy atom. The van der Waals surface area contributed by atoms with Gasteiger partial charge in [-0.2, -0.15) is 0 Å². The lowest BCUT2D eigenvalue weighted by atomic mass is 10.1. The van der Waals surface area contributed by atoms with Gasteiger partial charge in [0.25, 0.3) is 5.91 Å². The minimum Gasteiger partial charge on any atom is -0.493 e. The smallest absolute Gasteiger partial charge is 0.255 e. The number of amides is 1. The quantitative estimate of drug-likeness (QED) is 0.799. The van der Waals surface area contributed by atoms with E-state index in [2.05, 4.69) is 5.32 Å². The summed E-state index contributed by atoms with van der Waals surface area (Å²) in [4.78, 5) is 12.5. The van der Waals surface area contributed by atoms with Crippen LogP contribution in [0.5, 0.6) is 5.75 Å². The molecule has 0 saturated heterocycles. The van der Waals surface area contributed by atoms with Gasteiger partial charge < -0.3 is 14.8 Å². The molecule has 4 heteroatoms. The van der Waals surface area contributed by atoms with Crippen molar-refractivity contribution in [3.8, 4) is 5.75 Å². The average Bonchev–Trinajstić information content (AvgIpc) is 2.59. The number of para-hydroxylation sites is 1. The Balaban J connectivity index is 2.04. The van der Waals surface area contributed by atoms with Gasteiger partial charge in [-0.25, -0.2) is 0 Å². The Morgan fingerprint density at radius 1 is 1.04 bits per heavy atom. The molecule has 0 atom stereocenters. The van der Waals surface area contributed by atoms with Crippen LogP contribution in [0.25, 0.3) is 0 Å². The van der Waals surface area contributed by atoms with Crippen LogP contribution in [0.15, 0.2) is 48.5 Å². The molecule has 2 aromatic rings. The van der Waals surface area contributed by atoms with E-state index < -0.39 is 0 Å². The van der Waals surface area contributed by atoms with Crippen molar-refractivity contribution >= 4 is 5.91 Å². The summed E-state index contributed by atoms with van der Waals surface area (Å²) < 4.78 is 11.2. The molecule has 0 heterocycles. The van der Waals surface area contributed by atoms with E-state index in [4.69, 9.17) is 9.47 Å². The second-order valence-electron chi connectivity index (χ2n) is 5.74. The number of carbonyl (C=O) groups excluding carboxylic acids is 1. The summed E-state index contributed by atoms with van der Waals surface area (Å²) in [5.41, 5.74) is 2.69. The van der Waals surface area contributed by atoms with Crippen molar-refractivity contribution in [1.29, 1.82) is 0 Å². The van der Waals surface area contributed by atoms with Gasteiger partial charge in [-0.05, 0) is 44.0 Å². The van der Waals surface area contributed by atoms with Crippen LogP contribution >= 0.6 is 0 Å². The largest absolute Gasteiger partial charge is 0.493 e. The highest BCUT2D eigenvalue weighted by atomic mass is 16.5. The summed E-state index contributed by atoms with van der Waals surface area (Å²) in [6.07, 6.45) is 0.172. The van der Waals surface area contributed by atoms with Gasteiger partial charge in [-0.15, -0.1) is 0 Å². The fourth-order valence-corrected chi connectivity index (χ4v) is 2.33. The monoisotopic (exact) mass is 327 g/mol. The van der Waals surface area contributed by atoms with Crippen LogP contribution in [0.4, 0.5) is 0 Å². The molecule has 0 aliphatic rings. The Bertz CT molecular complexity index is 667. The van der Waals surface area contributed by atoms with Gasteiger partial charge in [0, 0.05) is 6.54 Å². The van der Waals surface area contributed by atoms with E-state index in [1.165, 1.54) is 0 Å². The van der Waals surface area contributed by atoms with E-state index in [1.807, 2.05) is 63.2 Å². The molecule has 2 aromatic carbocycles. The molecule has 0 spiro atoms. The van der Waals surface area contributed by atoms with Gasteiger partial charge in [0.05, 0.1) is 24.9 Å². The lowest BCUT2D eigenvalue weighted by Gasteiger charge is -2.14. The highest BCUT2D eigenvalue weighted by molar-refractivity contribution is 5.96. The first-order valence-corrected chi connectivity index (χ1v) is 8.30. The Morgan fingerprint density at radius 3 is 2.42 bits per heavy atom. The predicted octanol–water partition coefficient (Wildman–Crippen LogP) is 3.94. The van der Waals surface area contributed by atoms with Crippen molar-refractivity contribution in [2.24, 2.45) is 0 Å². The van der Waals surface area contributed by atoms with E-state index in [0.717, 1.165) is 11.1 Å². The highest BCUT2D eigenvalue weighted by Gasteiger charge is 2.12. The maximum Gasteiger partial charge on any atom is 0.255 e. The van der Waals surface area contributed by atoms with Crippen molar-refractivity contribution in [1.82, 2.24) is 5.32 Å². The topological polar surface area (TPSA) is 47.6 Å². The number of hydrogen-bond donors (Lipinski definition) is 1. The first-order chi connectivity index (χ1) is 11.6. The van der Waals surface area contributed by atoms with E-state index in [9.17, 15) is 4.79 Å². The molecule has 0 radical (unpaired) electrons. The average molecular weight is 327 g/mol. The number of hydrogen-bond acceptors (Lipinski definition) is 3. The summed E-state index contributed by atoms with van der Waals surface area (Å²) >= 11 is 0. The second kappa shape index (κ2) is 9.08. The lowest BCUT2D eigenvalue weighted by molar-refractivity contribution is 0.0651. The van der Waals surface area contributed by atoms with Gasteiger partial charge in [0.2, 0.25) is 0 Å². The normalized spacial score (nSPS) is 10.7. The van der Waals surface area contributed by atoms with Crippen LogP contribution in [0.3, 0.4) is 0 Å². The maximum atomic E-state index is 12.5. The van der Waals surface area contributed by atoms with Crippen LogP contribution in [0, 0.1) is 0 Å². The molecule has 0 aliphatic carbocycles. The zero-order valence-corrected chi connectivity index (χ0v) is 14.5. The number of nitrogens with one attached hydrogen (secondary N) is 1. The van der Waals surface area contributed by atoms with E-state index in [0.29, 0.717) is 31.1 Å². The van der Waals surface area contributed by atoms with Crippen LogP contribution in [0.1, 0.15) is 42.3 Å². The molecule has 0 fully saturated rings. The first kappa shape index (κ1) is 18.0. The van der Waals surface area contributed by atoms with Gasteiger partial charge in [-0.3, -0.25) is 4.79 Å². The van der Waals surface area contributed by atoms with Crippen LogP contribution < -0.4 is 10.1 Å². The molecule has 0 aromatic heterocycles. The predicted molar refractivity (Wildman–Crippen MR) is 95.1 cm³/mol. The number of carbonyl (C=O) groups is 1. The maximum absolute atomic E-state index is 12.5. The lowest BCUT2D eigenvalue weighted by Crippen LogP contribution is -2.24. The molecule has 24 heavy (non-hydrogen) atoms. The van der Waals surface area contributed by atoms with Gasteiger partial charge in [0.15, 0.2) is 0 Å². The van der Waals surface area contributed by atoms with E-state index in [-0.39, 0.29) is 12.0 Å². The summed E-state index contributed by atoms with van der Waals surface area (Å²) in [6.45, 7) is 7.44. The zero-order valence-electron chi connectivity index (χ0n) is 14.5. The zero-order chi connectivity index (χ0) is 17.4. The molecule has 0 aliphatic heterocycles. The third-order valence-corrected chi connectivity index (χ3v) is 3.56. The third kappa shape index (κ3) is 5.10. The van der Waals surface area contributed by atoms with Crippen molar-refractivity contribution in [3.63, 3.8) is 0 Å². The number of benzene rings is 2. The molecule has 1 N–H and O–H groups in total. The van der Waals surface area contributed by atoms with Crippen molar-refractivity contribution < 1.29 is 14.3 Å². The van der Waals surface area contributed by atoms with Gasteiger partial charge >= 0.3 is 0 Å². The Hall–Kier alpha value is -2.33. The van der Waals surface area contributed by atoms with Crippen molar-refractivity contribution in [3.05, 3.63) is 65.2 Å². The third-order valence-electron chi connectivity index (χ3n) is 3.56. The highest BCUT2D eigenvalue weighted by Crippen LogP contribution is 2.18. The standard InChI is InChI=1S/C20H25NO3/c1-4-23-19-12-8-7-11-18(19)20(22)21-13-16-9-5-6-10-17(16)14-24-15(2)3/h5-12,15H,4,13-14H2,1-3H3,(H,21,22). The Kier molecular flexibility index (Phi) is 6.82. The fourth-order valence-electron chi connectivity index (χ4n) is 2.33. The second-order valence-corrected chi connectivity index (χ2v) is 5.74. The SMILES string of the molecule is CCOc1ccccc1C(=O)NCc1ccccc1COC(C)C. The van der Waals surface area contributed by atoms with E-state index >= 15 is 0 Å².